The molecule has 0 aliphatic heterocycles. The smallest absolute Gasteiger partial charge is 0.0469 e. The minimum absolute atomic E-state index is 0.657. The van der Waals surface area contributed by atoms with Crippen molar-refractivity contribution >= 4 is 0 Å². The van der Waals surface area contributed by atoms with Gasteiger partial charge in [-0.15, -0.1) is 0 Å². The third kappa shape index (κ3) is 10.2. The highest BCUT2D eigenvalue weighted by atomic mass is 16.5. The zero-order valence-corrected chi connectivity index (χ0v) is 30.3. The minimum atomic E-state index is 0.657. The first-order valence-corrected chi connectivity index (χ1v) is 19.5. The lowest BCUT2D eigenvalue weighted by atomic mass is 9.83. The molecule has 0 saturated carbocycles. The monoisotopic (exact) mass is 650 g/mol. The van der Waals surface area contributed by atoms with Crippen molar-refractivity contribution in [3.63, 3.8) is 0 Å². The van der Waals surface area contributed by atoms with Crippen LogP contribution >= 0.6 is 0 Å². The molecule has 0 aromatic heterocycles. The van der Waals surface area contributed by atoms with Crippen molar-refractivity contribution in [2.45, 2.75) is 116 Å². The molecule has 0 bridgehead atoms. The maximum Gasteiger partial charge on any atom is 0.0469 e. The van der Waals surface area contributed by atoms with Gasteiger partial charge < -0.3 is 4.74 Å². The number of ether oxygens (including phenoxy) is 1. The van der Waals surface area contributed by atoms with E-state index in [0.29, 0.717) is 11.8 Å². The first kappa shape index (κ1) is 35.2. The van der Waals surface area contributed by atoms with Crippen molar-refractivity contribution in [2.75, 3.05) is 13.2 Å². The fraction of sp³-hybridized carbons (Fsp3) is 0.417. The summed E-state index contributed by atoms with van der Waals surface area (Å²) in [7, 11) is 0. The fourth-order valence-electron chi connectivity index (χ4n) is 7.94. The van der Waals surface area contributed by atoms with Gasteiger partial charge >= 0.3 is 0 Å². The maximum absolute atomic E-state index is 6.07. The molecule has 1 heteroatoms. The van der Waals surface area contributed by atoms with Crippen LogP contribution < -0.4 is 0 Å². The van der Waals surface area contributed by atoms with Crippen LogP contribution in [0.25, 0.3) is 22.3 Å². The zero-order chi connectivity index (χ0) is 33.7. The molecule has 256 valence electrons. The van der Waals surface area contributed by atoms with Gasteiger partial charge in [0.05, 0.1) is 0 Å². The van der Waals surface area contributed by atoms with E-state index in [2.05, 4.69) is 123 Å². The summed E-state index contributed by atoms with van der Waals surface area (Å²) in [4.78, 5) is 0. The van der Waals surface area contributed by atoms with Gasteiger partial charge in [-0.3, -0.25) is 0 Å². The number of hydrogen-bond donors (Lipinski definition) is 0. The topological polar surface area (TPSA) is 9.23 Å². The van der Waals surface area contributed by atoms with Crippen molar-refractivity contribution < 1.29 is 4.74 Å². The van der Waals surface area contributed by atoms with E-state index in [9.17, 15) is 0 Å². The molecule has 1 nitrogen and oxygen atoms in total. The van der Waals surface area contributed by atoms with Gasteiger partial charge in [-0.2, -0.15) is 0 Å². The van der Waals surface area contributed by atoms with E-state index in [1.807, 2.05) is 0 Å². The average Bonchev–Trinajstić information content (AvgIpc) is 3.16. The van der Waals surface area contributed by atoms with Crippen LogP contribution in [-0.4, -0.2) is 13.2 Å². The van der Waals surface area contributed by atoms with Crippen molar-refractivity contribution in [1.29, 1.82) is 0 Å². The molecular weight excluding hydrogens is 593 g/mol. The standard InChI is InChI=1S/C48H58O/c1-3-7-37-11-19-41(20-12-37)45-27-31-47(32-28-45)43-23-15-39(16-24-43)9-5-35-49-36-6-10-40-17-25-44(26-18-40)48-33-29-46(30-34-48)42-21-13-38(8-4-2)14-22-42/h11-15,17,19-22,27-34,43-44H,3-10,16,18,23-26,35-36H2,1-2H3. The normalized spacial score (nSPS) is 17.8. The lowest BCUT2D eigenvalue weighted by molar-refractivity contribution is 0.129. The number of aryl methyl sites for hydroxylation is 2. The van der Waals surface area contributed by atoms with E-state index in [1.54, 1.807) is 11.1 Å². The molecule has 4 aromatic rings. The Kier molecular flexibility index (Phi) is 13.2. The summed E-state index contributed by atoms with van der Waals surface area (Å²) in [5.41, 5.74) is 14.4. The summed E-state index contributed by atoms with van der Waals surface area (Å²) in [6.07, 6.45) is 21.8. The largest absolute Gasteiger partial charge is 0.381 e. The summed E-state index contributed by atoms with van der Waals surface area (Å²) in [5, 5.41) is 0. The molecule has 0 fully saturated rings. The van der Waals surface area contributed by atoms with Gasteiger partial charge in [0, 0.05) is 13.2 Å². The lowest BCUT2D eigenvalue weighted by Gasteiger charge is -2.23. The molecule has 0 radical (unpaired) electrons. The second-order valence-corrected chi connectivity index (χ2v) is 14.6. The SMILES string of the molecule is CCCc1ccc(-c2ccc(C3CC=C(CCCOCCCC4=CCC(c5ccc(-c6ccc(CCC)cc6)cc5)CC4)CC3)cc2)cc1. The summed E-state index contributed by atoms with van der Waals surface area (Å²) in [6, 6.07) is 36.9. The Morgan fingerprint density at radius 2 is 0.837 bits per heavy atom. The molecule has 0 spiro atoms. The third-order valence-electron chi connectivity index (χ3n) is 11.0. The summed E-state index contributed by atoms with van der Waals surface area (Å²) in [5.74, 6) is 1.31. The van der Waals surface area contributed by atoms with Crippen molar-refractivity contribution in [3.8, 4) is 22.3 Å². The Morgan fingerprint density at radius 3 is 1.16 bits per heavy atom. The van der Waals surface area contributed by atoms with E-state index >= 15 is 0 Å². The van der Waals surface area contributed by atoms with E-state index in [-0.39, 0.29) is 0 Å². The number of benzene rings is 4. The van der Waals surface area contributed by atoms with Crippen LogP contribution in [0.4, 0.5) is 0 Å². The second-order valence-electron chi connectivity index (χ2n) is 14.6. The van der Waals surface area contributed by atoms with Gasteiger partial charge in [-0.1, -0.05) is 147 Å². The van der Waals surface area contributed by atoms with Gasteiger partial charge in [0.1, 0.15) is 0 Å². The Balaban J connectivity index is 0.837. The molecule has 2 unspecified atom stereocenters. The van der Waals surface area contributed by atoms with Gasteiger partial charge in [-0.05, 0) is 133 Å². The van der Waals surface area contributed by atoms with Crippen molar-refractivity contribution in [1.82, 2.24) is 0 Å². The van der Waals surface area contributed by atoms with Crippen LogP contribution in [0.3, 0.4) is 0 Å². The molecule has 4 aromatic carbocycles. The maximum atomic E-state index is 6.07. The van der Waals surface area contributed by atoms with Gasteiger partial charge in [-0.25, -0.2) is 0 Å². The molecule has 2 aliphatic rings. The van der Waals surface area contributed by atoms with E-state index in [1.165, 1.54) is 109 Å². The van der Waals surface area contributed by atoms with Gasteiger partial charge in [0.2, 0.25) is 0 Å². The van der Waals surface area contributed by atoms with Crippen LogP contribution in [0.5, 0.6) is 0 Å². The molecule has 2 atom stereocenters. The molecule has 0 N–H and O–H groups in total. The van der Waals surface area contributed by atoms with E-state index < -0.39 is 0 Å². The molecule has 2 aliphatic carbocycles. The van der Waals surface area contributed by atoms with E-state index in [0.717, 1.165) is 38.9 Å². The predicted molar refractivity (Wildman–Crippen MR) is 210 cm³/mol. The molecular formula is C48H58O. The zero-order valence-electron chi connectivity index (χ0n) is 30.3. The molecule has 0 amide bonds. The molecule has 6 rings (SSSR count). The Hall–Kier alpha value is -3.68. The summed E-state index contributed by atoms with van der Waals surface area (Å²) < 4.78 is 6.07. The minimum Gasteiger partial charge on any atom is -0.381 e. The average molecular weight is 651 g/mol. The van der Waals surface area contributed by atoms with Gasteiger partial charge in [0.15, 0.2) is 0 Å². The quantitative estimate of drug-likeness (QED) is 0.0866. The molecule has 0 heterocycles. The second kappa shape index (κ2) is 18.4. The number of hydrogen-bond acceptors (Lipinski definition) is 1. The van der Waals surface area contributed by atoms with Crippen LogP contribution in [0.2, 0.25) is 0 Å². The fourth-order valence-corrected chi connectivity index (χ4v) is 7.94. The first-order chi connectivity index (χ1) is 24.2. The Morgan fingerprint density at radius 1 is 0.469 bits per heavy atom. The first-order valence-electron chi connectivity index (χ1n) is 19.5. The molecule has 49 heavy (non-hydrogen) atoms. The molecule has 0 saturated heterocycles. The van der Waals surface area contributed by atoms with Crippen LogP contribution in [0.15, 0.2) is 120 Å². The highest BCUT2D eigenvalue weighted by molar-refractivity contribution is 5.65. The van der Waals surface area contributed by atoms with Crippen LogP contribution in [-0.2, 0) is 17.6 Å². The Bertz CT molecular complexity index is 1490. The van der Waals surface area contributed by atoms with E-state index in [4.69, 9.17) is 4.74 Å². The summed E-state index contributed by atoms with van der Waals surface area (Å²) >= 11 is 0. The summed E-state index contributed by atoms with van der Waals surface area (Å²) in [6.45, 7) is 6.26. The van der Waals surface area contributed by atoms with Crippen LogP contribution in [0.1, 0.15) is 125 Å². The third-order valence-corrected chi connectivity index (χ3v) is 11.0. The number of allylic oxidation sites excluding steroid dienone is 4. The lowest BCUT2D eigenvalue weighted by Crippen LogP contribution is -2.06. The highest BCUT2D eigenvalue weighted by Gasteiger charge is 2.18. The highest BCUT2D eigenvalue weighted by Crippen LogP contribution is 2.36. The number of rotatable bonds is 16. The Labute approximate surface area is 297 Å². The van der Waals surface area contributed by atoms with Gasteiger partial charge in [0.25, 0.3) is 0 Å². The van der Waals surface area contributed by atoms with Crippen molar-refractivity contribution in [3.05, 3.63) is 143 Å². The predicted octanol–water partition coefficient (Wildman–Crippen LogP) is 13.6. The van der Waals surface area contributed by atoms with Crippen LogP contribution in [0, 0.1) is 0 Å². The van der Waals surface area contributed by atoms with Crippen molar-refractivity contribution in [2.24, 2.45) is 0 Å².